The molecule has 0 amide bonds. The fraction of sp³-hybridized carbons (Fsp3) is 0.500. The summed E-state index contributed by atoms with van der Waals surface area (Å²) in [5, 5.41) is 9.51. The van der Waals surface area contributed by atoms with Crippen molar-refractivity contribution in [2.24, 2.45) is 0 Å². The molecule has 2 nitrogen and oxygen atoms in total. The second-order valence-electron chi connectivity index (χ2n) is 3.97. The van der Waals surface area contributed by atoms with Gasteiger partial charge in [-0.3, -0.25) is 4.90 Å². The van der Waals surface area contributed by atoms with Gasteiger partial charge < -0.3 is 5.11 Å². The zero-order valence-electron chi connectivity index (χ0n) is 9.60. The first-order chi connectivity index (χ1) is 7.11. The molecule has 0 aliphatic carbocycles. The molecule has 0 aliphatic heterocycles. The highest BCUT2D eigenvalue weighted by atomic mass is 32.2. The number of hydrogen-bond donors (Lipinski definition) is 1. The Bertz CT molecular complexity index is 284. The lowest BCUT2D eigenvalue weighted by molar-refractivity contribution is 0.127. The summed E-state index contributed by atoms with van der Waals surface area (Å²) in [4.78, 5) is 3.17. The molecule has 15 heavy (non-hydrogen) atoms. The zero-order chi connectivity index (χ0) is 11.3. The summed E-state index contributed by atoms with van der Waals surface area (Å²) in [7, 11) is 1.90. The zero-order valence-corrected chi connectivity index (χ0v) is 10.4. The molecule has 0 aromatic heterocycles. The molecular weight excluding hydrogens is 206 g/mol. The second kappa shape index (κ2) is 6.16. The van der Waals surface area contributed by atoms with E-state index in [4.69, 9.17) is 5.11 Å². The number of nitrogens with zero attached hydrogens (tertiary/aromatic N) is 1. The summed E-state index contributed by atoms with van der Waals surface area (Å²) in [5.74, 6) is 0. The Labute approximate surface area is 96.3 Å². The first-order valence-electron chi connectivity index (χ1n) is 5.17. The second-order valence-corrected chi connectivity index (χ2v) is 5.62. The molecule has 0 saturated heterocycles. The number of hydrogen-bond acceptors (Lipinski definition) is 3. The van der Waals surface area contributed by atoms with Crippen molar-refractivity contribution in [3.05, 3.63) is 29.8 Å². The van der Waals surface area contributed by atoms with Crippen LogP contribution in [0.15, 0.2) is 29.2 Å². The van der Waals surface area contributed by atoms with E-state index in [0.717, 1.165) is 6.54 Å². The monoisotopic (exact) mass is 225 g/mol. The summed E-state index contributed by atoms with van der Waals surface area (Å²) in [6.45, 7) is 5.28. The van der Waals surface area contributed by atoms with E-state index in [0.29, 0.717) is 5.25 Å². The Balaban J connectivity index is 2.56. The van der Waals surface area contributed by atoms with Gasteiger partial charge in [0.05, 0.1) is 6.73 Å². The van der Waals surface area contributed by atoms with Gasteiger partial charge in [-0.1, -0.05) is 26.0 Å². The van der Waals surface area contributed by atoms with Crippen LogP contribution in [-0.2, 0) is 6.54 Å². The van der Waals surface area contributed by atoms with Gasteiger partial charge in [-0.05, 0) is 24.7 Å². The normalized spacial score (nSPS) is 11.3. The Hall–Kier alpha value is -0.510. The Kier molecular flexibility index (Phi) is 5.15. The van der Waals surface area contributed by atoms with E-state index in [1.165, 1.54) is 10.5 Å². The van der Waals surface area contributed by atoms with Crippen molar-refractivity contribution in [2.75, 3.05) is 13.8 Å². The van der Waals surface area contributed by atoms with E-state index in [1.807, 2.05) is 23.7 Å². The Morgan fingerprint density at radius 1 is 1.27 bits per heavy atom. The largest absolute Gasteiger partial charge is 0.381 e. The highest BCUT2D eigenvalue weighted by Gasteiger charge is 2.00. The van der Waals surface area contributed by atoms with Crippen molar-refractivity contribution in [3.8, 4) is 0 Å². The van der Waals surface area contributed by atoms with Gasteiger partial charge in [0, 0.05) is 16.7 Å². The average molecular weight is 225 g/mol. The lowest BCUT2D eigenvalue weighted by Gasteiger charge is -2.13. The highest BCUT2D eigenvalue weighted by Crippen LogP contribution is 2.22. The first-order valence-corrected chi connectivity index (χ1v) is 6.04. The molecule has 0 saturated carbocycles. The van der Waals surface area contributed by atoms with Crippen LogP contribution in [0.1, 0.15) is 19.4 Å². The fourth-order valence-electron chi connectivity index (χ4n) is 1.31. The molecule has 0 atom stereocenters. The SMILES string of the molecule is CC(C)Sc1ccc(CN(C)CO)cc1. The third kappa shape index (κ3) is 4.69. The number of benzene rings is 1. The number of rotatable bonds is 5. The molecular formula is C12H19NOS. The Morgan fingerprint density at radius 2 is 1.87 bits per heavy atom. The lowest BCUT2D eigenvalue weighted by atomic mass is 10.2. The third-order valence-electron chi connectivity index (χ3n) is 1.99. The molecule has 1 N–H and O–H groups in total. The molecule has 0 spiro atoms. The minimum atomic E-state index is 0.0997. The van der Waals surface area contributed by atoms with Crippen molar-refractivity contribution in [2.45, 2.75) is 30.5 Å². The Morgan fingerprint density at radius 3 is 2.33 bits per heavy atom. The average Bonchev–Trinajstić information content (AvgIpc) is 2.20. The van der Waals surface area contributed by atoms with Crippen LogP contribution >= 0.6 is 11.8 Å². The molecule has 1 rings (SSSR count). The van der Waals surface area contributed by atoms with E-state index in [2.05, 4.69) is 38.1 Å². The van der Waals surface area contributed by atoms with Gasteiger partial charge in [0.1, 0.15) is 0 Å². The molecule has 0 unspecified atom stereocenters. The number of aliphatic hydroxyl groups excluding tert-OH is 1. The molecule has 0 fully saturated rings. The van der Waals surface area contributed by atoms with Gasteiger partial charge >= 0.3 is 0 Å². The molecule has 84 valence electrons. The van der Waals surface area contributed by atoms with Gasteiger partial charge in [-0.25, -0.2) is 0 Å². The molecule has 0 heterocycles. The first kappa shape index (κ1) is 12.6. The molecule has 1 aromatic carbocycles. The van der Waals surface area contributed by atoms with Crippen LogP contribution in [0.5, 0.6) is 0 Å². The van der Waals surface area contributed by atoms with Crippen LogP contribution < -0.4 is 0 Å². The van der Waals surface area contributed by atoms with Crippen molar-refractivity contribution >= 4 is 11.8 Å². The maximum atomic E-state index is 8.89. The molecule has 3 heteroatoms. The van der Waals surface area contributed by atoms with E-state index < -0.39 is 0 Å². The smallest absolute Gasteiger partial charge is 0.0956 e. The third-order valence-corrected chi connectivity index (χ3v) is 3.00. The summed E-state index contributed by atoms with van der Waals surface area (Å²) in [5.41, 5.74) is 1.24. The molecule has 0 aliphatic rings. The summed E-state index contributed by atoms with van der Waals surface area (Å²) >= 11 is 1.87. The van der Waals surface area contributed by atoms with Crippen LogP contribution in [0.25, 0.3) is 0 Å². The lowest BCUT2D eigenvalue weighted by Crippen LogP contribution is -2.18. The summed E-state index contributed by atoms with van der Waals surface area (Å²) < 4.78 is 0. The van der Waals surface area contributed by atoms with Gasteiger partial charge in [0.2, 0.25) is 0 Å². The fourth-order valence-corrected chi connectivity index (χ4v) is 2.14. The predicted octanol–water partition coefficient (Wildman–Crippen LogP) is 2.57. The summed E-state index contributed by atoms with van der Waals surface area (Å²) in [6, 6.07) is 8.53. The molecule has 0 radical (unpaired) electrons. The van der Waals surface area contributed by atoms with Crippen molar-refractivity contribution in [1.29, 1.82) is 0 Å². The topological polar surface area (TPSA) is 23.5 Å². The summed E-state index contributed by atoms with van der Waals surface area (Å²) in [6.07, 6.45) is 0. The maximum absolute atomic E-state index is 8.89. The standard InChI is InChI=1S/C12H19NOS/c1-10(2)15-12-6-4-11(5-7-12)8-13(3)9-14/h4-7,10,14H,8-9H2,1-3H3. The van der Waals surface area contributed by atoms with E-state index >= 15 is 0 Å². The number of aliphatic hydroxyl groups is 1. The van der Waals surface area contributed by atoms with Crippen molar-refractivity contribution in [3.63, 3.8) is 0 Å². The van der Waals surface area contributed by atoms with Crippen LogP contribution in [0.4, 0.5) is 0 Å². The van der Waals surface area contributed by atoms with Gasteiger partial charge in [-0.15, -0.1) is 11.8 Å². The van der Waals surface area contributed by atoms with Gasteiger partial charge in [-0.2, -0.15) is 0 Å². The van der Waals surface area contributed by atoms with Gasteiger partial charge in [0.25, 0.3) is 0 Å². The number of thioether (sulfide) groups is 1. The van der Waals surface area contributed by atoms with Crippen molar-refractivity contribution < 1.29 is 5.11 Å². The molecule has 1 aromatic rings. The highest BCUT2D eigenvalue weighted by molar-refractivity contribution is 7.99. The van der Waals surface area contributed by atoms with E-state index in [9.17, 15) is 0 Å². The minimum Gasteiger partial charge on any atom is -0.381 e. The van der Waals surface area contributed by atoms with Crippen LogP contribution in [-0.4, -0.2) is 29.0 Å². The van der Waals surface area contributed by atoms with Crippen molar-refractivity contribution in [1.82, 2.24) is 4.90 Å². The van der Waals surface area contributed by atoms with Crippen LogP contribution in [0.3, 0.4) is 0 Å². The minimum absolute atomic E-state index is 0.0997. The van der Waals surface area contributed by atoms with Crippen LogP contribution in [0.2, 0.25) is 0 Å². The predicted molar refractivity (Wildman–Crippen MR) is 66.0 cm³/mol. The van der Waals surface area contributed by atoms with Gasteiger partial charge in [0.15, 0.2) is 0 Å². The maximum Gasteiger partial charge on any atom is 0.0956 e. The van der Waals surface area contributed by atoms with E-state index in [-0.39, 0.29) is 6.73 Å². The van der Waals surface area contributed by atoms with Crippen LogP contribution in [0, 0.1) is 0 Å². The quantitative estimate of drug-likeness (QED) is 0.615. The van der Waals surface area contributed by atoms with E-state index in [1.54, 1.807) is 0 Å². The molecule has 0 bridgehead atoms.